The van der Waals surface area contributed by atoms with Crippen molar-refractivity contribution in [3.63, 3.8) is 0 Å². The van der Waals surface area contributed by atoms with E-state index in [9.17, 15) is 4.79 Å². The molecule has 142 valence electrons. The predicted molar refractivity (Wildman–Crippen MR) is 111 cm³/mol. The average molecular weight is 393 g/mol. The molecule has 0 bridgehead atoms. The molecule has 0 unspecified atom stereocenters. The van der Waals surface area contributed by atoms with Crippen molar-refractivity contribution in [3.8, 4) is 0 Å². The third-order valence-corrected chi connectivity index (χ3v) is 5.93. The van der Waals surface area contributed by atoms with E-state index in [1.165, 1.54) is 0 Å². The monoisotopic (exact) mass is 393 g/mol. The number of ether oxygens (including phenoxy) is 1. The Labute approximate surface area is 165 Å². The Morgan fingerprint density at radius 2 is 2.07 bits per heavy atom. The van der Waals surface area contributed by atoms with Gasteiger partial charge in [0.25, 0.3) is 5.91 Å². The molecule has 28 heavy (non-hydrogen) atoms. The first-order valence-corrected chi connectivity index (χ1v) is 9.98. The minimum Gasteiger partial charge on any atom is -0.378 e. The first-order chi connectivity index (χ1) is 13.7. The number of hydrogen-bond donors (Lipinski definition) is 2. The number of anilines is 2. The first kappa shape index (κ1) is 17.2. The first-order valence-electron chi connectivity index (χ1n) is 9.17. The van der Waals surface area contributed by atoms with Crippen LogP contribution in [0, 0.1) is 6.92 Å². The van der Waals surface area contributed by atoms with Crippen molar-refractivity contribution < 1.29 is 9.53 Å². The van der Waals surface area contributed by atoms with Gasteiger partial charge in [0.2, 0.25) is 0 Å². The number of aryl methyl sites for hydroxylation is 1. The number of fused-ring (bicyclic) bond motifs is 2. The van der Waals surface area contributed by atoms with Crippen LogP contribution in [0.1, 0.15) is 16.1 Å². The molecule has 1 aliphatic rings. The van der Waals surface area contributed by atoms with Gasteiger partial charge < -0.3 is 15.0 Å². The highest BCUT2D eigenvalue weighted by atomic mass is 32.1. The van der Waals surface area contributed by atoms with Crippen LogP contribution in [0.15, 0.2) is 36.4 Å². The highest BCUT2D eigenvalue weighted by molar-refractivity contribution is 7.22. The molecule has 1 amide bonds. The van der Waals surface area contributed by atoms with E-state index in [1.807, 2.05) is 43.3 Å². The summed E-state index contributed by atoms with van der Waals surface area (Å²) in [6.45, 7) is 5.17. The van der Waals surface area contributed by atoms with Crippen molar-refractivity contribution in [2.24, 2.45) is 0 Å². The predicted octanol–water partition coefficient (Wildman–Crippen LogP) is 3.57. The lowest BCUT2D eigenvalue weighted by molar-refractivity contribution is 0.102. The van der Waals surface area contributed by atoms with Crippen LogP contribution >= 0.6 is 11.3 Å². The molecule has 0 spiro atoms. The summed E-state index contributed by atoms with van der Waals surface area (Å²) in [7, 11) is 0. The number of carbonyl (C=O) groups excluding carboxylic acids is 1. The van der Waals surface area contributed by atoms with Gasteiger partial charge in [0.05, 0.1) is 28.9 Å². The molecule has 1 aliphatic heterocycles. The summed E-state index contributed by atoms with van der Waals surface area (Å²) in [5.74, 6) is -0.228. The van der Waals surface area contributed by atoms with Gasteiger partial charge in [0.15, 0.2) is 10.8 Å². The highest BCUT2D eigenvalue weighted by Crippen LogP contribution is 2.31. The second kappa shape index (κ2) is 6.88. The van der Waals surface area contributed by atoms with Crippen LogP contribution in [-0.2, 0) is 4.74 Å². The molecule has 2 aromatic heterocycles. The second-order valence-electron chi connectivity index (χ2n) is 6.85. The number of nitrogens with one attached hydrogen (secondary N) is 2. The number of H-pyrrole nitrogens is 1. The third kappa shape index (κ3) is 3.10. The molecule has 0 saturated carbocycles. The van der Waals surface area contributed by atoms with E-state index in [0.29, 0.717) is 5.69 Å². The van der Waals surface area contributed by atoms with Gasteiger partial charge in [-0.15, -0.1) is 0 Å². The molecule has 1 saturated heterocycles. The maximum Gasteiger partial charge on any atom is 0.276 e. The van der Waals surface area contributed by atoms with E-state index in [0.717, 1.165) is 63.8 Å². The minimum atomic E-state index is -0.228. The number of hydrogen-bond acceptors (Lipinski definition) is 6. The Kier molecular flexibility index (Phi) is 4.22. The van der Waals surface area contributed by atoms with Gasteiger partial charge in [-0.3, -0.25) is 9.89 Å². The summed E-state index contributed by atoms with van der Waals surface area (Å²) in [6, 6.07) is 11.7. The van der Waals surface area contributed by atoms with Crippen LogP contribution in [0.5, 0.6) is 0 Å². The van der Waals surface area contributed by atoms with Crippen molar-refractivity contribution in [2.45, 2.75) is 6.92 Å². The van der Waals surface area contributed by atoms with E-state index in [-0.39, 0.29) is 5.91 Å². The number of nitrogens with zero attached hydrogens (tertiary/aromatic N) is 3. The number of rotatable bonds is 3. The van der Waals surface area contributed by atoms with Crippen LogP contribution in [0.2, 0.25) is 0 Å². The maximum atomic E-state index is 12.8. The Morgan fingerprint density at radius 1 is 1.21 bits per heavy atom. The molecule has 2 N–H and O–H groups in total. The van der Waals surface area contributed by atoms with Gasteiger partial charge in [-0.25, -0.2) is 4.98 Å². The van der Waals surface area contributed by atoms with Crippen LogP contribution < -0.4 is 10.2 Å². The van der Waals surface area contributed by atoms with Crippen LogP contribution in [0.25, 0.3) is 21.1 Å². The summed E-state index contributed by atoms with van der Waals surface area (Å²) >= 11 is 1.63. The van der Waals surface area contributed by atoms with Crippen LogP contribution in [0.4, 0.5) is 10.8 Å². The molecule has 0 radical (unpaired) electrons. The lowest BCUT2D eigenvalue weighted by Gasteiger charge is -2.25. The molecule has 2 aromatic carbocycles. The number of thiazole rings is 1. The number of aromatic nitrogens is 3. The van der Waals surface area contributed by atoms with Crippen molar-refractivity contribution in [2.75, 3.05) is 36.5 Å². The van der Waals surface area contributed by atoms with Crippen LogP contribution in [-0.4, -0.2) is 47.4 Å². The molecular formula is C20H19N5O2S. The topological polar surface area (TPSA) is 83.1 Å². The van der Waals surface area contributed by atoms with Crippen molar-refractivity contribution >= 4 is 49.2 Å². The Morgan fingerprint density at radius 3 is 2.93 bits per heavy atom. The molecule has 5 rings (SSSR count). The van der Waals surface area contributed by atoms with Gasteiger partial charge >= 0.3 is 0 Å². The standard InChI is InChI=1S/C20H19N5O2S/c1-12-2-4-15-14(10-12)18(24-23-15)19(26)21-13-3-5-16-17(11-13)28-20(22-16)25-6-8-27-9-7-25/h2-5,10-11H,6-9H2,1H3,(H,21,26)(H,23,24). The lowest BCUT2D eigenvalue weighted by atomic mass is 10.1. The number of benzene rings is 2. The SMILES string of the molecule is Cc1ccc2[nH]nc(C(=O)Nc3ccc4nc(N5CCOCC5)sc4c3)c2c1. The van der Waals surface area contributed by atoms with Crippen LogP contribution in [0.3, 0.4) is 0 Å². The molecule has 3 heterocycles. The Hall–Kier alpha value is -2.97. The quantitative estimate of drug-likeness (QED) is 0.556. The Bertz CT molecular complexity index is 1180. The number of carbonyl (C=O) groups is 1. The van der Waals surface area contributed by atoms with E-state index in [1.54, 1.807) is 11.3 Å². The fourth-order valence-electron chi connectivity index (χ4n) is 3.37. The average Bonchev–Trinajstić information content (AvgIpc) is 3.32. The van der Waals surface area contributed by atoms with Crippen molar-refractivity contribution in [3.05, 3.63) is 47.7 Å². The molecule has 7 nitrogen and oxygen atoms in total. The summed E-state index contributed by atoms with van der Waals surface area (Å²) in [5, 5.41) is 11.9. The van der Waals surface area contributed by atoms with E-state index >= 15 is 0 Å². The number of morpholine rings is 1. The van der Waals surface area contributed by atoms with Gasteiger partial charge in [0, 0.05) is 24.2 Å². The zero-order valence-corrected chi connectivity index (χ0v) is 16.2. The summed E-state index contributed by atoms with van der Waals surface area (Å²) in [6.07, 6.45) is 0. The van der Waals surface area contributed by atoms with Gasteiger partial charge in [0.1, 0.15) is 0 Å². The van der Waals surface area contributed by atoms with Gasteiger partial charge in [-0.2, -0.15) is 5.10 Å². The summed E-state index contributed by atoms with van der Waals surface area (Å²) in [4.78, 5) is 19.7. The van der Waals surface area contributed by atoms with Crippen molar-refractivity contribution in [1.82, 2.24) is 15.2 Å². The fraction of sp³-hybridized carbons (Fsp3) is 0.250. The smallest absolute Gasteiger partial charge is 0.276 e. The molecule has 0 aliphatic carbocycles. The molecule has 0 atom stereocenters. The van der Waals surface area contributed by atoms with E-state index < -0.39 is 0 Å². The fourth-order valence-corrected chi connectivity index (χ4v) is 4.43. The van der Waals surface area contributed by atoms with Gasteiger partial charge in [-0.1, -0.05) is 23.0 Å². The van der Waals surface area contributed by atoms with E-state index in [4.69, 9.17) is 9.72 Å². The minimum absolute atomic E-state index is 0.228. The largest absolute Gasteiger partial charge is 0.378 e. The zero-order chi connectivity index (χ0) is 19.1. The molecular weight excluding hydrogens is 374 g/mol. The summed E-state index contributed by atoms with van der Waals surface area (Å²) in [5.41, 5.74) is 4.01. The number of amides is 1. The summed E-state index contributed by atoms with van der Waals surface area (Å²) < 4.78 is 6.45. The van der Waals surface area contributed by atoms with E-state index in [2.05, 4.69) is 20.4 Å². The lowest BCUT2D eigenvalue weighted by Crippen LogP contribution is -2.36. The normalized spacial score (nSPS) is 14.7. The third-order valence-electron chi connectivity index (χ3n) is 4.85. The Balaban J connectivity index is 1.41. The highest BCUT2D eigenvalue weighted by Gasteiger charge is 2.17. The molecule has 8 heteroatoms. The van der Waals surface area contributed by atoms with Crippen molar-refractivity contribution in [1.29, 1.82) is 0 Å². The molecule has 4 aromatic rings. The molecule has 1 fully saturated rings. The van der Waals surface area contributed by atoms with Gasteiger partial charge in [-0.05, 0) is 37.3 Å². The maximum absolute atomic E-state index is 12.8. The second-order valence-corrected chi connectivity index (χ2v) is 7.86. The number of aromatic amines is 1. The zero-order valence-electron chi connectivity index (χ0n) is 15.4.